The van der Waals surface area contributed by atoms with Crippen molar-refractivity contribution < 1.29 is 14.3 Å². The summed E-state index contributed by atoms with van der Waals surface area (Å²) in [6.45, 7) is 1.21. The van der Waals surface area contributed by atoms with Crippen molar-refractivity contribution in [2.24, 2.45) is 0 Å². The molecule has 3 heterocycles. The molecule has 0 radical (unpaired) electrons. The zero-order valence-electron chi connectivity index (χ0n) is 18.4. The van der Waals surface area contributed by atoms with E-state index in [1.807, 2.05) is 29.2 Å². The standard InChI is InChI=1S/C24H22ClN5O3S/c1-33-18-8-7-14-10-20(27-19(14)12-18)24(32)30-9-3-4-15(13-30)22-28-29-23(34-22)21(31)26-17-6-2-5-16(25)11-17/h2,5-8,10-12,15,27H,3-4,9,13H2,1H3,(H,26,31)/t15-/m1/s1. The first-order valence-electron chi connectivity index (χ1n) is 10.9. The van der Waals surface area contributed by atoms with Crippen LogP contribution in [0.25, 0.3) is 10.9 Å². The van der Waals surface area contributed by atoms with Crippen LogP contribution in [0.3, 0.4) is 0 Å². The fourth-order valence-electron chi connectivity index (χ4n) is 4.12. The molecule has 1 atom stereocenters. The Morgan fingerprint density at radius 3 is 2.91 bits per heavy atom. The zero-order valence-corrected chi connectivity index (χ0v) is 19.9. The number of nitrogens with zero attached hydrogens (tertiary/aromatic N) is 3. The van der Waals surface area contributed by atoms with Gasteiger partial charge in [-0.25, -0.2) is 0 Å². The van der Waals surface area contributed by atoms with Gasteiger partial charge in [0.15, 0.2) is 0 Å². The highest BCUT2D eigenvalue weighted by atomic mass is 35.5. The minimum atomic E-state index is -0.330. The number of aromatic nitrogens is 3. The predicted molar refractivity (Wildman–Crippen MR) is 132 cm³/mol. The minimum absolute atomic E-state index is 0.0346. The van der Waals surface area contributed by atoms with E-state index in [2.05, 4.69) is 20.5 Å². The summed E-state index contributed by atoms with van der Waals surface area (Å²) in [5, 5.41) is 13.7. The molecule has 5 rings (SSSR count). The van der Waals surface area contributed by atoms with E-state index in [1.54, 1.807) is 31.4 Å². The van der Waals surface area contributed by atoms with Crippen LogP contribution in [0.5, 0.6) is 5.75 Å². The van der Waals surface area contributed by atoms with Crippen molar-refractivity contribution in [3.05, 3.63) is 69.3 Å². The summed E-state index contributed by atoms with van der Waals surface area (Å²) in [4.78, 5) is 30.8. The van der Waals surface area contributed by atoms with Gasteiger partial charge in [0.1, 0.15) is 16.5 Å². The fourth-order valence-corrected chi connectivity index (χ4v) is 5.18. The van der Waals surface area contributed by atoms with Crippen molar-refractivity contribution in [2.45, 2.75) is 18.8 Å². The number of hydrogen-bond donors (Lipinski definition) is 2. The summed E-state index contributed by atoms with van der Waals surface area (Å²) in [6, 6.07) is 14.5. The number of methoxy groups -OCH3 is 1. The van der Waals surface area contributed by atoms with Crippen LogP contribution in [-0.4, -0.2) is 52.1 Å². The number of rotatable bonds is 5. The van der Waals surface area contributed by atoms with Crippen LogP contribution < -0.4 is 10.1 Å². The van der Waals surface area contributed by atoms with Gasteiger partial charge in [-0.2, -0.15) is 0 Å². The minimum Gasteiger partial charge on any atom is -0.497 e. The van der Waals surface area contributed by atoms with E-state index in [-0.39, 0.29) is 22.7 Å². The van der Waals surface area contributed by atoms with Crippen LogP contribution in [0.4, 0.5) is 5.69 Å². The number of anilines is 1. The Balaban J connectivity index is 1.28. The normalized spacial score (nSPS) is 15.9. The second-order valence-corrected chi connectivity index (χ2v) is 9.58. The first-order valence-corrected chi connectivity index (χ1v) is 12.1. The number of likely N-dealkylation sites (tertiary alicyclic amines) is 1. The number of ether oxygens (including phenoxy) is 1. The molecule has 1 fully saturated rings. The van der Waals surface area contributed by atoms with Crippen LogP contribution in [-0.2, 0) is 0 Å². The van der Waals surface area contributed by atoms with Gasteiger partial charge in [-0.05, 0) is 49.2 Å². The molecule has 1 aliphatic rings. The zero-order chi connectivity index (χ0) is 23.7. The summed E-state index contributed by atoms with van der Waals surface area (Å²) in [5.74, 6) is 0.386. The number of carbonyl (C=O) groups excluding carboxylic acids is 2. The topological polar surface area (TPSA) is 100 Å². The van der Waals surface area contributed by atoms with Gasteiger partial charge in [0.2, 0.25) is 5.01 Å². The van der Waals surface area contributed by atoms with Crippen molar-refractivity contribution >= 4 is 51.3 Å². The average molecular weight is 496 g/mol. The number of H-pyrrole nitrogens is 1. The van der Waals surface area contributed by atoms with Gasteiger partial charge in [0.25, 0.3) is 11.8 Å². The first kappa shape index (κ1) is 22.4. The molecule has 0 bridgehead atoms. The Morgan fingerprint density at radius 1 is 1.21 bits per heavy atom. The lowest BCUT2D eigenvalue weighted by Gasteiger charge is -2.31. The molecule has 2 aromatic heterocycles. The van der Waals surface area contributed by atoms with E-state index in [0.29, 0.717) is 29.5 Å². The van der Waals surface area contributed by atoms with Crippen LogP contribution in [0.2, 0.25) is 5.02 Å². The molecule has 8 nitrogen and oxygen atoms in total. The number of amides is 2. The SMILES string of the molecule is COc1ccc2cc(C(=O)N3CCC[C@@H](c4nnc(C(=O)Nc5cccc(Cl)c5)s4)C3)[nH]c2c1. The highest BCUT2D eigenvalue weighted by Crippen LogP contribution is 2.31. The third-order valence-corrected chi connectivity index (χ3v) is 7.15. The summed E-state index contributed by atoms with van der Waals surface area (Å²) < 4.78 is 5.27. The summed E-state index contributed by atoms with van der Waals surface area (Å²) >= 11 is 7.24. The molecule has 0 saturated carbocycles. The number of aromatic amines is 1. The third kappa shape index (κ3) is 4.62. The lowest BCUT2D eigenvalue weighted by molar-refractivity contribution is 0.0701. The summed E-state index contributed by atoms with van der Waals surface area (Å²) in [5.41, 5.74) is 2.00. The van der Waals surface area contributed by atoms with E-state index in [1.165, 1.54) is 11.3 Å². The Hall–Kier alpha value is -3.43. The predicted octanol–water partition coefficient (Wildman–Crippen LogP) is 4.95. The van der Waals surface area contributed by atoms with E-state index >= 15 is 0 Å². The van der Waals surface area contributed by atoms with Crippen molar-refractivity contribution in [1.29, 1.82) is 0 Å². The number of carbonyl (C=O) groups is 2. The largest absolute Gasteiger partial charge is 0.497 e. The fraction of sp³-hybridized carbons (Fsp3) is 0.250. The maximum absolute atomic E-state index is 13.2. The molecule has 0 spiro atoms. The highest BCUT2D eigenvalue weighted by Gasteiger charge is 2.29. The second kappa shape index (κ2) is 9.44. The average Bonchev–Trinajstić information content (AvgIpc) is 3.51. The summed E-state index contributed by atoms with van der Waals surface area (Å²) in [6.07, 6.45) is 1.74. The Kier molecular flexibility index (Phi) is 6.21. The van der Waals surface area contributed by atoms with Crippen molar-refractivity contribution in [3.63, 3.8) is 0 Å². The van der Waals surface area contributed by atoms with Crippen LogP contribution in [0.1, 0.15) is 44.1 Å². The van der Waals surface area contributed by atoms with Crippen LogP contribution in [0, 0.1) is 0 Å². The number of piperidine rings is 1. The van der Waals surface area contributed by atoms with Crippen molar-refractivity contribution in [3.8, 4) is 5.75 Å². The number of hydrogen-bond acceptors (Lipinski definition) is 6. The van der Waals surface area contributed by atoms with Gasteiger partial charge in [0.05, 0.1) is 7.11 Å². The Labute approximate surface area is 204 Å². The molecule has 4 aromatic rings. The number of fused-ring (bicyclic) bond motifs is 1. The lowest BCUT2D eigenvalue weighted by atomic mass is 9.98. The molecule has 2 amide bonds. The van der Waals surface area contributed by atoms with Crippen LogP contribution >= 0.6 is 22.9 Å². The Bertz CT molecular complexity index is 1370. The van der Waals surface area contributed by atoms with Gasteiger partial charge in [-0.3, -0.25) is 9.59 Å². The number of benzene rings is 2. The monoisotopic (exact) mass is 495 g/mol. The molecule has 2 N–H and O–H groups in total. The summed E-state index contributed by atoms with van der Waals surface area (Å²) in [7, 11) is 1.61. The second-order valence-electron chi connectivity index (χ2n) is 8.14. The highest BCUT2D eigenvalue weighted by molar-refractivity contribution is 7.13. The molecule has 1 saturated heterocycles. The molecule has 2 aromatic carbocycles. The molecule has 174 valence electrons. The molecular formula is C24H22ClN5O3S. The molecular weight excluding hydrogens is 474 g/mol. The number of nitrogens with one attached hydrogen (secondary N) is 2. The van der Waals surface area contributed by atoms with Gasteiger partial charge >= 0.3 is 0 Å². The molecule has 1 aliphatic heterocycles. The van der Waals surface area contributed by atoms with E-state index in [4.69, 9.17) is 16.3 Å². The molecule has 0 unspecified atom stereocenters. The number of halogens is 1. The molecule has 34 heavy (non-hydrogen) atoms. The smallest absolute Gasteiger partial charge is 0.286 e. The van der Waals surface area contributed by atoms with Crippen LogP contribution in [0.15, 0.2) is 48.5 Å². The maximum atomic E-state index is 13.2. The lowest BCUT2D eigenvalue weighted by Crippen LogP contribution is -2.39. The van der Waals surface area contributed by atoms with Gasteiger partial charge in [0, 0.05) is 46.7 Å². The first-order chi connectivity index (χ1) is 16.5. The maximum Gasteiger partial charge on any atom is 0.286 e. The molecule has 0 aliphatic carbocycles. The van der Waals surface area contributed by atoms with Gasteiger partial charge in [-0.15, -0.1) is 10.2 Å². The van der Waals surface area contributed by atoms with E-state index in [0.717, 1.165) is 34.5 Å². The van der Waals surface area contributed by atoms with E-state index < -0.39 is 0 Å². The Morgan fingerprint density at radius 2 is 2.09 bits per heavy atom. The quantitative estimate of drug-likeness (QED) is 0.408. The van der Waals surface area contributed by atoms with Gasteiger partial charge in [-0.1, -0.05) is 29.0 Å². The van der Waals surface area contributed by atoms with Crippen molar-refractivity contribution in [1.82, 2.24) is 20.1 Å². The van der Waals surface area contributed by atoms with E-state index in [9.17, 15) is 9.59 Å². The molecule has 10 heteroatoms. The van der Waals surface area contributed by atoms with Gasteiger partial charge < -0.3 is 19.9 Å². The van der Waals surface area contributed by atoms with Crippen molar-refractivity contribution in [2.75, 3.05) is 25.5 Å². The third-order valence-electron chi connectivity index (χ3n) is 5.84.